The first kappa shape index (κ1) is 21.2. The maximum absolute atomic E-state index is 13.6. The Morgan fingerprint density at radius 2 is 1.55 bits per heavy atom. The van der Waals surface area contributed by atoms with Crippen molar-refractivity contribution in [3.8, 4) is 0 Å². The summed E-state index contributed by atoms with van der Waals surface area (Å²) in [5.74, 6) is -2.42. The van der Waals surface area contributed by atoms with Gasteiger partial charge in [0.1, 0.15) is 5.82 Å². The number of nitrogens with one attached hydrogen (secondary N) is 2. The maximum atomic E-state index is 13.6. The van der Waals surface area contributed by atoms with Crippen LogP contribution < -0.4 is 10.9 Å². The third-order valence-corrected chi connectivity index (χ3v) is 6.77. The molecule has 2 N–H and O–H groups in total. The topological polar surface area (TPSA) is 95.6 Å². The van der Waals surface area contributed by atoms with Gasteiger partial charge < -0.3 is 0 Å². The number of hydrogen-bond donors (Lipinski definition) is 2. The summed E-state index contributed by atoms with van der Waals surface area (Å²) >= 11 is 6.04. The van der Waals surface area contributed by atoms with Crippen LogP contribution in [0.1, 0.15) is 40.0 Å². The summed E-state index contributed by atoms with van der Waals surface area (Å²) in [6.07, 6.45) is 2.53. The van der Waals surface area contributed by atoms with Gasteiger partial charge >= 0.3 is 0 Å². The summed E-state index contributed by atoms with van der Waals surface area (Å²) in [6, 6.07) is 9.09. The van der Waals surface area contributed by atoms with Crippen molar-refractivity contribution in [3.63, 3.8) is 0 Å². The van der Waals surface area contributed by atoms with E-state index in [2.05, 4.69) is 10.9 Å². The highest BCUT2D eigenvalue weighted by atomic mass is 35.5. The average molecular weight is 440 g/mol. The fourth-order valence-corrected chi connectivity index (χ4v) is 4.73. The van der Waals surface area contributed by atoms with Crippen molar-refractivity contribution in [1.82, 2.24) is 15.2 Å². The highest BCUT2D eigenvalue weighted by Gasteiger charge is 2.27. The van der Waals surface area contributed by atoms with Gasteiger partial charge in [-0.05, 0) is 43.2 Å². The van der Waals surface area contributed by atoms with Crippen LogP contribution in [0.2, 0.25) is 5.02 Å². The highest BCUT2D eigenvalue weighted by Crippen LogP contribution is 2.25. The van der Waals surface area contributed by atoms with Gasteiger partial charge in [0.05, 0.1) is 21.0 Å². The van der Waals surface area contributed by atoms with E-state index >= 15 is 0 Å². The Balaban J connectivity index is 1.76. The van der Waals surface area contributed by atoms with Crippen molar-refractivity contribution < 1.29 is 22.4 Å². The molecule has 1 aliphatic heterocycles. The fourth-order valence-electron chi connectivity index (χ4n) is 2.99. The number of rotatable bonds is 4. The monoisotopic (exact) mass is 439 g/mol. The molecule has 7 nitrogen and oxygen atoms in total. The van der Waals surface area contributed by atoms with Gasteiger partial charge in [0.2, 0.25) is 10.0 Å². The predicted octanol–water partition coefficient (Wildman–Crippen LogP) is 2.73. The summed E-state index contributed by atoms with van der Waals surface area (Å²) in [4.78, 5) is 24.4. The van der Waals surface area contributed by atoms with Gasteiger partial charge in [0.25, 0.3) is 11.8 Å². The summed E-state index contributed by atoms with van der Waals surface area (Å²) in [5, 5.41) is 0.0141. The molecule has 0 unspecified atom stereocenters. The molecule has 0 spiro atoms. The lowest BCUT2D eigenvalue weighted by molar-refractivity contribution is 0.0844. The fraction of sp³-hybridized carbons (Fsp3) is 0.263. The lowest BCUT2D eigenvalue weighted by Crippen LogP contribution is -2.42. The van der Waals surface area contributed by atoms with E-state index in [9.17, 15) is 22.4 Å². The number of amides is 2. The van der Waals surface area contributed by atoms with Crippen molar-refractivity contribution in [2.75, 3.05) is 13.1 Å². The van der Waals surface area contributed by atoms with Crippen molar-refractivity contribution in [3.05, 3.63) is 64.4 Å². The first-order valence-corrected chi connectivity index (χ1v) is 10.8. The van der Waals surface area contributed by atoms with E-state index in [4.69, 9.17) is 11.6 Å². The van der Waals surface area contributed by atoms with Gasteiger partial charge in [-0.3, -0.25) is 20.4 Å². The molecule has 1 saturated heterocycles. The number of nitrogens with zero attached hydrogens (tertiary/aromatic N) is 1. The van der Waals surface area contributed by atoms with E-state index in [1.165, 1.54) is 34.6 Å². The van der Waals surface area contributed by atoms with Crippen LogP contribution in [-0.2, 0) is 10.0 Å². The lowest BCUT2D eigenvalue weighted by atomic mass is 10.2. The standard InChI is InChI=1S/C19H19ClFN3O4S/c20-16-9-8-13(29(27,28)24-10-4-1-5-11-24)12-15(16)19(26)23-22-18(25)14-6-2-3-7-17(14)21/h2-3,6-9,12H,1,4-5,10-11H2,(H,22,25)(H,23,26). The number of hydrogen-bond acceptors (Lipinski definition) is 4. The molecule has 0 aliphatic carbocycles. The van der Waals surface area contributed by atoms with E-state index in [1.54, 1.807) is 0 Å². The molecule has 0 bridgehead atoms. The second-order valence-corrected chi connectivity index (χ2v) is 8.84. The van der Waals surface area contributed by atoms with Crippen LogP contribution in [0.4, 0.5) is 4.39 Å². The van der Waals surface area contributed by atoms with Crippen LogP contribution in [0.15, 0.2) is 47.4 Å². The molecule has 2 aromatic carbocycles. The number of halogens is 2. The zero-order chi connectivity index (χ0) is 21.0. The molecular formula is C19H19ClFN3O4S. The third kappa shape index (κ3) is 4.75. The summed E-state index contributed by atoms with van der Waals surface area (Å²) in [7, 11) is -3.76. The first-order valence-electron chi connectivity index (χ1n) is 8.95. The van der Waals surface area contributed by atoms with Gasteiger partial charge in [-0.25, -0.2) is 12.8 Å². The minimum Gasteiger partial charge on any atom is -0.267 e. The molecule has 2 amide bonds. The van der Waals surface area contributed by atoms with Gasteiger partial charge in [-0.1, -0.05) is 30.2 Å². The van der Waals surface area contributed by atoms with Gasteiger partial charge in [0, 0.05) is 13.1 Å². The SMILES string of the molecule is O=C(NNC(=O)c1cc(S(=O)(=O)N2CCCCC2)ccc1Cl)c1ccccc1F. The third-order valence-electron chi connectivity index (χ3n) is 4.54. The Morgan fingerprint density at radius 3 is 2.21 bits per heavy atom. The van der Waals surface area contributed by atoms with Crippen molar-refractivity contribution >= 4 is 33.4 Å². The second-order valence-electron chi connectivity index (χ2n) is 6.49. The van der Waals surface area contributed by atoms with E-state index in [-0.39, 0.29) is 21.0 Å². The Hall–Kier alpha value is -2.49. The van der Waals surface area contributed by atoms with Crippen molar-refractivity contribution in [2.45, 2.75) is 24.2 Å². The molecule has 0 aromatic heterocycles. The van der Waals surface area contributed by atoms with Crippen LogP contribution in [0.3, 0.4) is 0 Å². The van der Waals surface area contributed by atoms with Crippen LogP contribution in [-0.4, -0.2) is 37.6 Å². The van der Waals surface area contributed by atoms with E-state index in [0.717, 1.165) is 31.4 Å². The van der Waals surface area contributed by atoms with Gasteiger partial charge in [-0.2, -0.15) is 4.31 Å². The number of benzene rings is 2. The summed E-state index contributed by atoms with van der Waals surface area (Å²) < 4.78 is 40.6. The Morgan fingerprint density at radius 1 is 0.931 bits per heavy atom. The Kier molecular flexibility index (Phi) is 6.51. The van der Waals surface area contributed by atoms with Gasteiger partial charge in [-0.15, -0.1) is 0 Å². The number of hydrazine groups is 1. The molecule has 0 atom stereocenters. The molecule has 3 rings (SSSR count). The maximum Gasteiger partial charge on any atom is 0.272 e. The zero-order valence-electron chi connectivity index (χ0n) is 15.3. The minimum atomic E-state index is -3.76. The molecule has 29 heavy (non-hydrogen) atoms. The number of carbonyl (C=O) groups is 2. The van der Waals surface area contributed by atoms with Gasteiger partial charge in [0.15, 0.2) is 0 Å². The summed E-state index contributed by atoms with van der Waals surface area (Å²) in [5.41, 5.74) is 3.84. The van der Waals surface area contributed by atoms with Crippen LogP contribution in [0.25, 0.3) is 0 Å². The molecule has 154 valence electrons. The molecule has 10 heteroatoms. The highest BCUT2D eigenvalue weighted by molar-refractivity contribution is 7.89. The van der Waals surface area contributed by atoms with Crippen LogP contribution in [0.5, 0.6) is 0 Å². The molecule has 0 saturated carbocycles. The first-order chi connectivity index (χ1) is 13.8. The predicted molar refractivity (Wildman–Crippen MR) is 105 cm³/mol. The lowest BCUT2D eigenvalue weighted by Gasteiger charge is -2.26. The molecule has 2 aromatic rings. The largest absolute Gasteiger partial charge is 0.272 e. The zero-order valence-corrected chi connectivity index (χ0v) is 16.9. The van der Waals surface area contributed by atoms with Crippen LogP contribution in [0, 0.1) is 5.82 Å². The number of carbonyl (C=O) groups excluding carboxylic acids is 2. The number of sulfonamides is 1. The average Bonchev–Trinajstić information content (AvgIpc) is 2.73. The quantitative estimate of drug-likeness (QED) is 0.716. The second kappa shape index (κ2) is 8.89. The van der Waals surface area contributed by atoms with E-state index < -0.39 is 27.7 Å². The molecule has 1 aliphatic rings. The number of piperidine rings is 1. The molecule has 1 fully saturated rings. The Bertz CT molecular complexity index is 1040. The normalized spacial score (nSPS) is 15.0. The van der Waals surface area contributed by atoms with Crippen molar-refractivity contribution in [2.24, 2.45) is 0 Å². The molecular weight excluding hydrogens is 421 g/mol. The van der Waals surface area contributed by atoms with E-state index in [1.807, 2.05) is 0 Å². The van der Waals surface area contributed by atoms with Crippen LogP contribution >= 0.6 is 11.6 Å². The molecule has 0 radical (unpaired) electrons. The van der Waals surface area contributed by atoms with E-state index in [0.29, 0.717) is 13.1 Å². The summed E-state index contributed by atoms with van der Waals surface area (Å²) in [6.45, 7) is 0.844. The smallest absolute Gasteiger partial charge is 0.267 e. The molecule has 1 heterocycles. The van der Waals surface area contributed by atoms with Crippen molar-refractivity contribution in [1.29, 1.82) is 0 Å². The minimum absolute atomic E-state index is 0.0141. The Labute approximate surface area is 172 Å².